The normalized spacial score (nSPS) is 17.9. The SMILES string of the molecule is CCCOc1cccc(/C(O)=C2/C(=O)C(=O)N(c3cccc(Cl)c3)C2c2cccs2)c1. The fourth-order valence-corrected chi connectivity index (χ4v) is 4.56. The first-order chi connectivity index (χ1) is 15.0. The smallest absolute Gasteiger partial charge is 0.300 e. The lowest BCUT2D eigenvalue weighted by Gasteiger charge is -2.24. The van der Waals surface area contributed by atoms with Gasteiger partial charge in [-0.25, -0.2) is 0 Å². The van der Waals surface area contributed by atoms with Gasteiger partial charge in [0.1, 0.15) is 17.6 Å². The summed E-state index contributed by atoms with van der Waals surface area (Å²) in [7, 11) is 0. The van der Waals surface area contributed by atoms with E-state index in [1.54, 1.807) is 48.5 Å². The molecule has 1 amide bonds. The largest absolute Gasteiger partial charge is 0.507 e. The molecule has 1 atom stereocenters. The maximum atomic E-state index is 13.1. The van der Waals surface area contributed by atoms with Crippen LogP contribution in [0.1, 0.15) is 29.8 Å². The van der Waals surface area contributed by atoms with E-state index >= 15 is 0 Å². The number of amides is 1. The zero-order chi connectivity index (χ0) is 22.0. The first kappa shape index (κ1) is 21.2. The molecular weight excluding hydrogens is 434 g/mol. The van der Waals surface area contributed by atoms with Gasteiger partial charge in [0, 0.05) is 21.2 Å². The number of aliphatic hydroxyl groups excluding tert-OH is 1. The van der Waals surface area contributed by atoms with Gasteiger partial charge in [-0.05, 0) is 48.2 Å². The second kappa shape index (κ2) is 8.96. The molecule has 5 nitrogen and oxygen atoms in total. The molecule has 1 aliphatic rings. The Morgan fingerprint density at radius 1 is 1.13 bits per heavy atom. The number of anilines is 1. The van der Waals surface area contributed by atoms with Crippen molar-refractivity contribution in [2.24, 2.45) is 0 Å². The van der Waals surface area contributed by atoms with Crippen LogP contribution in [0, 0.1) is 0 Å². The van der Waals surface area contributed by atoms with Gasteiger partial charge in [0.15, 0.2) is 0 Å². The van der Waals surface area contributed by atoms with E-state index in [0.717, 1.165) is 11.3 Å². The van der Waals surface area contributed by atoms with Crippen molar-refractivity contribution in [2.45, 2.75) is 19.4 Å². The van der Waals surface area contributed by atoms with Gasteiger partial charge < -0.3 is 9.84 Å². The summed E-state index contributed by atoms with van der Waals surface area (Å²) < 4.78 is 5.65. The van der Waals surface area contributed by atoms with Gasteiger partial charge in [-0.1, -0.05) is 42.8 Å². The monoisotopic (exact) mass is 453 g/mol. The third-order valence-corrected chi connectivity index (χ3v) is 6.08. The molecule has 1 aliphatic heterocycles. The van der Waals surface area contributed by atoms with Crippen LogP contribution in [0.4, 0.5) is 5.69 Å². The lowest BCUT2D eigenvalue weighted by atomic mass is 9.99. The van der Waals surface area contributed by atoms with Crippen LogP contribution in [0.25, 0.3) is 5.76 Å². The van der Waals surface area contributed by atoms with Crippen LogP contribution in [0.3, 0.4) is 0 Å². The highest BCUT2D eigenvalue weighted by Crippen LogP contribution is 2.44. The van der Waals surface area contributed by atoms with Gasteiger partial charge in [0.25, 0.3) is 11.7 Å². The number of halogens is 1. The minimum absolute atomic E-state index is 0.0417. The molecule has 2 aromatic carbocycles. The minimum atomic E-state index is -0.751. The number of benzene rings is 2. The summed E-state index contributed by atoms with van der Waals surface area (Å²) in [5.41, 5.74) is 0.950. The molecule has 4 rings (SSSR count). The molecule has 2 heterocycles. The molecule has 1 aromatic heterocycles. The predicted octanol–water partition coefficient (Wildman–Crippen LogP) is 5.82. The summed E-state index contributed by atoms with van der Waals surface area (Å²) in [5.74, 6) is -1.10. The molecule has 7 heteroatoms. The van der Waals surface area contributed by atoms with E-state index in [9.17, 15) is 14.7 Å². The molecular formula is C24H20ClNO4S. The third kappa shape index (κ3) is 4.09. The second-order valence-corrected chi connectivity index (χ2v) is 8.46. The second-order valence-electron chi connectivity index (χ2n) is 7.04. The molecule has 0 spiro atoms. The Labute approximate surface area is 189 Å². The van der Waals surface area contributed by atoms with Gasteiger partial charge in [-0.15, -0.1) is 11.3 Å². The molecule has 0 aliphatic carbocycles. The van der Waals surface area contributed by atoms with Gasteiger partial charge in [0.2, 0.25) is 0 Å². The minimum Gasteiger partial charge on any atom is -0.507 e. The molecule has 3 aromatic rings. The van der Waals surface area contributed by atoms with E-state index in [-0.39, 0.29) is 11.3 Å². The fraction of sp³-hybridized carbons (Fsp3) is 0.167. The summed E-state index contributed by atoms with van der Waals surface area (Å²) in [6.07, 6.45) is 0.847. The number of hydrogen-bond acceptors (Lipinski definition) is 5. The summed E-state index contributed by atoms with van der Waals surface area (Å²) >= 11 is 7.55. The maximum absolute atomic E-state index is 13.1. The topological polar surface area (TPSA) is 66.8 Å². The summed E-state index contributed by atoms with van der Waals surface area (Å²) in [6.45, 7) is 2.54. The van der Waals surface area contributed by atoms with Crippen LogP contribution in [0.5, 0.6) is 5.75 Å². The number of carbonyl (C=O) groups is 2. The quantitative estimate of drug-likeness (QED) is 0.290. The Balaban J connectivity index is 1.86. The summed E-state index contributed by atoms with van der Waals surface area (Å²) in [5, 5.41) is 13.5. The summed E-state index contributed by atoms with van der Waals surface area (Å²) in [4.78, 5) is 28.3. The third-order valence-electron chi connectivity index (χ3n) is 4.92. The fourth-order valence-electron chi connectivity index (χ4n) is 3.55. The van der Waals surface area contributed by atoms with Crippen molar-refractivity contribution < 1.29 is 19.4 Å². The first-order valence-electron chi connectivity index (χ1n) is 9.84. The number of aliphatic hydroxyl groups is 1. The molecule has 0 bridgehead atoms. The van der Waals surface area contributed by atoms with E-state index < -0.39 is 17.7 Å². The Morgan fingerprint density at radius 2 is 1.94 bits per heavy atom. The molecule has 158 valence electrons. The highest BCUT2D eigenvalue weighted by atomic mass is 35.5. The average Bonchev–Trinajstić information content (AvgIpc) is 3.39. The number of rotatable bonds is 6. The number of Topliss-reactive ketones (excluding diaryl/α,β-unsaturated/α-hetero) is 1. The molecule has 1 fully saturated rings. The van der Waals surface area contributed by atoms with Crippen LogP contribution < -0.4 is 9.64 Å². The Morgan fingerprint density at radius 3 is 2.65 bits per heavy atom. The van der Waals surface area contributed by atoms with Gasteiger partial charge in [-0.2, -0.15) is 0 Å². The molecule has 1 N–H and O–H groups in total. The standard InChI is InChI=1S/C24H20ClNO4S/c1-2-11-30-18-9-3-6-15(13-18)22(27)20-21(19-10-5-12-31-19)26(24(29)23(20)28)17-8-4-7-16(25)14-17/h3-10,12-14,21,27H,2,11H2,1H3/b22-20-. The molecule has 31 heavy (non-hydrogen) atoms. The van der Waals surface area contributed by atoms with Crippen molar-refractivity contribution in [2.75, 3.05) is 11.5 Å². The Hall–Kier alpha value is -3.09. The maximum Gasteiger partial charge on any atom is 0.300 e. The van der Waals surface area contributed by atoms with E-state index in [4.69, 9.17) is 16.3 Å². The number of carbonyl (C=O) groups excluding carboxylic acids is 2. The van der Waals surface area contributed by atoms with Gasteiger partial charge in [-0.3, -0.25) is 14.5 Å². The van der Waals surface area contributed by atoms with E-state index in [1.165, 1.54) is 16.2 Å². The van der Waals surface area contributed by atoms with Crippen molar-refractivity contribution in [3.8, 4) is 5.75 Å². The average molecular weight is 454 g/mol. The van der Waals surface area contributed by atoms with E-state index in [1.807, 2.05) is 24.4 Å². The summed E-state index contributed by atoms with van der Waals surface area (Å²) in [6, 6.07) is 16.6. The van der Waals surface area contributed by atoms with Gasteiger partial charge >= 0.3 is 0 Å². The molecule has 1 unspecified atom stereocenters. The predicted molar refractivity (Wildman–Crippen MR) is 123 cm³/mol. The molecule has 0 saturated carbocycles. The zero-order valence-corrected chi connectivity index (χ0v) is 18.3. The molecule has 1 saturated heterocycles. The zero-order valence-electron chi connectivity index (χ0n) is 16.7. The van der Waals surface area contributed by atoms with Crippen molar-refractivity contribution >= 4 is 46.1 Å². The van der Waals surface area contributed by atoms with Crippen LogP contribution in [0.15, 0.2) is 71.6 Å². The van der Waals surface area contributed by atoms with Crippen LogP contribution in [-0.4, -0.2) is 23.4 Å². The number of thiophene rings is 1. The van der Waals surface area contributed by atoms with E-state index in [0.29, 0.717) is 28.6 Å². The first-order valence-corrected chi connectivity index (χ1v) is 11.1. The number of hydrogen-bond donors (Lipinski definition) is 1. The van der Waals surface area contributed by atoms with Crippen molar-refractivity contribution in [3.63, 3.8) is 0 Å². The Kier molecular flexibility index (Phi) is 6.11. The van der Waals surface area contributed by atoms with Gasteiger partial charge in [0.05, 0.1) is 12.2 Å². The lowest BCUT2D eigenvalue weighted by molar-refractivity contribution is -0.132. The Bertz CT molecular complexity index is 1160. The van der Waals surface area contributed by atoms with Crippen molar-refractivity contribution in [3.05, 3.63) is 87.1 Å². The lowest BCUT2D eigenvalue weighted by Crippen LogP contribution is -2.29. The number of nitrogens with zero attached hydrogens (tertiary/aromatic N) is 1. The highest BCUT2D eigenvalue weighted by Gasteiger charge is 2.47. The molecule has 0 radical (unpaired) electrons. The van der Waals surface area contributed by atoms with Crippen LogP contribution >= 0.6 is 22.9 Å². The number of ketones is 1. The van der Waals surface area contributed by atoms with Crippen molar-refractivity contribution in [1.82, 2.24) is 0 Å². The van der Waals surface area contributed by atoms with E-state index in [2.05, 4.69) is 0 Å². The van der Waals surface area contributed by atoms with Crippen molar-refractivity contribution in [1.29, 1.82) is 0 Å². The van der Waals surface area contributed by atoms with Crippen LogP contribution in [-0.2, 0) is 9.59 Å². The highest BCUT2D eigenvalue weighted by molar-refractivity contribution is 7.10. The van der Waals surface area contributed by atoms with Crippen LogP contribution in [0.2, 0.25) is 5.02 Å². The number of ether oxygens (including phenoxy) is 1.